The van der Waals surface area contributed by atoms with Gasteiger partial charge in [-0.1, -0.05) is 12.1 Å². The van der Waals surface area contributed by atoms with E-state index >= 15 is 0 Å². The van der Waals surface area contributed by atoms with Gasteiger partial charge in [0.15, 0.2) is 0 Å². The number of hydrogen-bond acceptors (Lipinski definition) is 4. The Hall–Kier alpha value is -0.710. The molecule has 0 heterocycles. The van der Waals surface area contributed by atoms with Gasteiger partial charge in [-0.15, -0.1) is 0 Å². The molecule has 1 rings (SSSR count). The molecule has 1 unspecified atom stereocenters. The Morgan fingerprint density at radius 3 is 2.93 bits per heavy atom. The van der Waals surface area contributed by atoms with Gasteiger partial charge in [0.05, 0.1) is 19.8 Å². The molecule has 0 radical (unpaired) electrons. The van der Waals surface area contributed by atoms with Gasteiger partial charge in [0.25, 0.3) is 0 Å². The third-order valence-corrected chi connectivity index (χ3v) is 3.08. The van der Waals surface area contributed by atoms with Crippen molar-refractivity contribution >= 4 is 11.8 Å². The van der Waals surface area contributed by atoms with Gasteiger partial charge in [-0.2, -0.15) is 11.8 Å². The van der Waals surface area contributed by atoms with Crippen molar-refractivity contribution in [3.63, 3.8) is 0 Å². The zero-order chi connectivity index (χ0) is 11.1. The van der Waals surface area contributed by atoms with E-state index in [0.717, 1.165) is 17.1 Å². The number of ether oxygens (including phenoxy) is 1. The first-order valence-electron chi connectivity index (χ1n) is 4.76. The number of rotatable bonds is 6. The zero-order valence-electron chi connectivity index (χ0n) is 8.72. The molecule has 4 heteroatoms. The lowest BCUT2D eigenvalue weighted by molar-refractivity contribution is 0.113. The van der Waals surface area contributed by atoms with Crippen molar-refractivity contribution < 1.29 is 14.9 Å². The van der Waals surface area contributed by atoms with Crippen LogP contribution in [0.1, 0.15) is 5.56 Å². The SMILES string of the molecule is COc1cccc(CSCC(O)CO)c1. The Morgan fingerprint density at radius 1 is 1.47 bits per heavy atom. The fourth-order valence-corrected chi connectivity index (χ4v) is 2.04. The van der Waals surface area contributed by atoms with Crippen molar-refractivity contribution in [2.45, 2.75) is 11.9 Å². The van der Waals surface area contributed by atoms with Crippen molar-refractivity contribution in [2.24, 2.45) is 0 Å². The Kier molecular flexibility index (Phi) is 5.53. The van der Waals surface area contributed by atoms with E-state index < -0.39 is 6.10 Å². The molecule has 0 aliphatic carbocycles. The van der Waals surface area contributed by atoms with Gasteiger partial charge < -0.3 is 14.9 Å². The summed E-state index contributed by atoms with van der Waals surface area (Å²) >= 11 is 1.59. The van der Waals surface area contributed by atoms with Gasteiger partial charge in [-0.05, 0) is 17.7 Å². The van der Waals surface area contributed by atoms with E-state index in [-0.39, 0.29) is 6.61 Å². The normalized spacial score (nSPS) is 12.5. The minimum atomic E-state index is -0.624. The fraction of sp³-hybridized carbons (Fsp3) is 0.455. The summed E-state index contributed by atoms with van der Waals surface area (Å²) in [6.07, 6.45) is -0.624. The summed E-state index contributed by atoms with van der Waals surface area (Å²) in [5.74, 6) is 2.21. The Morgan fingerprint density at radius 2 is 2.27 bits per heavy atom. The van der Waals surface area contributed by atoms with Gasteiger partial charge in [0.1, 0.15) is 5.75 Å². The second-order valence-corrected chi connectivity index (χ2v) is 4.23. The molecule has 15 heavy (non-hydrogen) atoms. The first-order valence-corrected chi connectivity index (χ1v) is 5.91. The number of thioether (sulfide) groups is 1. The molecular weight excluding hydrogens is 212 g/mol. The van der Waals surface area contributed by atoms with Crippen LogP contribution in [0.5, 0.6) is 5.75 Å². The lowest BCUT2D eigenvalue weighted by Crippen LogP contribution is -2.14. The van der Waals surface area contributed by atoms with Gasteiger partial charge in [0, 0.05) is 11.5 Å². The van der Waals surface area contributed by atoms with E-state index in [1.54, 1.807) is 18.9 Å². The molecule has 0 amide bonds. The van der Waals surface area contributed by atoms with Crippen LogP contribution in [-0.4, -0.2) is 35.8 Å². The van der Waals surface area contributed by atoms with Crippen LogP contribution >= 0.6 is 11.8 Å². The molecule has 0 saturated heterocycles. The second kappa shape index (κ2) is 6.71. The summed E-state index contributed by atoms with van der Waals surface area (Å²) in [7, 11) is 1.64. The molecule has 0 aliphatic heterocycles. The molecule has 2 N–H and O–H groups in total. The summed E-state index contributed by atoms with van der Waals surface area (Å²) in [5, 5.41) is 17.8. The third-order valence-electron chi connectivity index (χ3n) is 1.92. The third kappa shape index (κ3) is 4.55. The highest BCUT2D eigenvalue weighted by Crippen LogP contribution is 2.18. The molecule has 0 bridgehead atoms. The summed E-state index contributed by atoms with van der Waals surface area (Å²) in [4.78, 5) is 0. The second-order valence-electron chi connectivity index (χ2n) is 3.20. The van der Waals surface area contributed by atoms with Gasteiger partial charge in [0.2, 0.25) is 0 Å². The predicted molar refractivity (Wildman–Crippen MR) is 62.2 cm³/mol. The molecule has 0 spiro atoms. The van der Waals surface area contributed by atoms with Crippen LogP contribution in [0.4, 0.5) is 0 Å². The molecule has 0 fully saturated rings. The van der Waals surface area contributed by atoms with Crippen molar-refractivity contribution in [3.05, 3.63) is 29.8 Å². The highest BCUT2D eigenvalue weighted by atomic mass is 32.2. The Bertz CT molecular complexity index is 291. The average molecular weight is 228 g/mol. The van der Waals surface area contributed by atoms with Crippen molar-refractivity contribution in [3.8, 4) is 5.75 Å². The molecule has 1 atom stereocenters. The molecular formula is C11H16O3S. The topological polar surface area (TPSA) is 49.7 Å². The zero-order valence-corrected chi connectivity index (χ0v) is 9.54. The van der Waals surface area contributed by atoms with Crippen molar-refractivity contribution in [1.29, 1.82) is 0 Å². The van der Waals surface area contributed by atoms with Gasteiger partial charge in [-0.25, -0.2) is 0 Å². The number of aliphatic hydroxyl groups is 2. The van der Waals surface area contributed by atoms with Crippen LogP contribution in [0.25, 0.3) is 0 Å². The smallest absolute Gasteiger partial charge is 0.119 e. The van der Waals surface area contributed by atoms with Crippen LogP contribution in [0, 0.1) is 0 Å². The standard InChI is InChI=1S/C11H16O3S/c1-14-11-4-2-3-9(5-11)7-15-8-10(13)6-12/h2-5,10,12-13H,6-8H2,1H3. The lowest BCUT2D eigenvalue weighted by Gasteiger charge is -2.07. The minimum Gasteiger partial charge on any atom is -0.497 e. The molecule has 1 aromatic carbocycles. The van der Waals surface area contributed by atoms with Crippen LogP contribution in [0.3, 0.4) is 0 Å². The molecule has 0 saturated carbocycles. The Labute approximate surface area is 94.1 Å². The maximum atomic E-state index is 9.14. The Balaban J connectivity index is 2.37. The number of hydrogen-bond donors (Lipinski definition) is 2. The van der Waals surface area contributed by atoms with E-state index in [1.807, 2.05) is 24.3 Å². The van der Waals surface area contributed by atoms with Crippen LogP contribution in [0.2, 0.25) is 0 Å². The van der Waals surface area contributed by atoms with Gasteiger partial charge >= 0.3 is 0 Å². The molecule has 1 aromatic rings. The van der Waals surface area contributed by atoms with E-state index in [9.17, 15) is 0 Å². The maximum Gasteiger partial charge on any atom is 0.119 e. The van der Waals surface area contributed by atoms with Crippen LogP contribution in [-0.2, 0) is 5.75 Å². The van der Waals surface area contributed by atoms with E-state index in [0.29, 0.717) is 5.75 Å². The van der Waals surface area contributed by atoms with Crippen LogP contribution < -0.4 is 4.74 Å². The first-order chi connectivity index (χ1) is 7.26. The largest absolute Gasteiger partial charge is 0.497 e. The van der Waals surface area contributed by atoms with E-state index in [1.165, 1.54) is 0 Å². The van der Waals surface area contributed by atoms with Crippen molar-refractivity contribution in [2.75, 3.05) is 19.5 Å². The summed E-state index contributed by atoms with van der Waals surface area (Å²) < 4.78 is 5.10. The molecule has 84 valence electrons. The average Bonchev–Trinajstić information content (AvgIpc) is 2.29. The summed E-state index contributed by atoms with van der Waals surface area (Å²) in [5.41, 5.74) is 1.16. The predicted octanol–water partition coefficient (Wildman–Crippen LogP) is 1.28. The lowest BCUT2D eigenvalue weighted by atomic mass is 10.2. The molecule has 3 nitrogen and oxygen atoms in total. The quantitative estimate of drug-likeness (QED) is 0.770. The highest BCUT2D eigenvalue weighted by molar-refractivity contribution is 7.98. The monoisotopic (exact) mass is 228 g/mol. The highest BCUT2D eigenvalue weighted by Gasteiger charge is 2.02. The molecule has 0 aromatic heterocycles. The minimum absolute atomic E-state index is 0.175. The first kappa shape index (κ1) is 12.4. The van der Waals surface area contributed by atoms with Gasteiger partial charge in [-0.3, -0.25) is 0 Å². The molecule has 0 aliphatic rings. The van der Waals surface area contributed by atoms with E-state index in [4.69, 9.17) is 14.9 Å². The number of methoxy groups -OCH3 is 1. The summed E-state index contributed by atoms with van der Waals surface area (Å²) in [6.45, 7) is -0.175. The fourth-order valence-electron chi connectivity index (χ4n) is 1.13. The number of benzene rings is 1. The summed E-state index contributed by atoms with van der Waals surface area (Å²) in [6, 6.07) is 7.83. The van der Waals surface area contributed by atoms with Crippen molar-refractivity contribution in [1.82, 2.24) is 0 Å². The van der Waals surface area contributed by atoms with E-state index in [2.05, 4.69) is 0 Å². The maximum absolute atomic E-state index is 9.14. The number of aliphatic hydroxyl groups excluding tert-OH is 2. The van der Waals surface area contributed by atoms with Crippen LogP contribution in [0.15, 0.2) is 24.3 Å².